The van der Waals surface area contributed by atoms with Crippen LogP contribution in [0.25, 0.3) is 0 Å². The number of nitriles is 1. The maximum Gasteiger partial charge on any atom is 0.428 e. The molecular formula is C16H17N3O5. The van der Waals surface area contributed by atoms with Gasteiger partial charge >= 0.3 is 12.1 Å². The van der Waals surface area contributed by atoms with Crippen molar-refractivity contribution in [3.8, 4) is 6.07 Å². The smallest absolute Gasteiger partial charge is 0.428 e. The lowest BCUT2D eigenvalue weighted by Crippen LogP contribution is -2.52. The highest BCUT2D eigenvalue weighted by Crippen LogP contribution is 2.25. The van der Waals surface area contributed by atoms with Gasteiger partial charge in [-0.25, -0.2) is 14.6 Å². The molecule has 1 N–H and O–H groups in total. The first-order chi connectivity index (χ1) is 11.5. The van der Waals surface area contributed by atoms with Gasteiger partial charge in [-0.2, -0.15) is 5.26 Å². The van der Waals surface area contributed by atoms with Gasteiger partial charge < -0.3 is 14.6 Å². The third-order valence-corrected chi connectivity index (χ3v) is 3.45. The molecule has 1 heterocycles. The SMILES string of the molecule is CCOC(=O)C1=C(O)CN(c2ccc(C#N)cc2)N(C(=O)OC)C1. The minimum atomic E-state index is -0.686. The van der Waals surface area contributed by atoms with E-state index in [1.54, 1.807) is 31.2 Å². The Bertz CT molecular complexity index is 705. The number of amides is 1. The number of carbonyl (C=O) groups excluding carboxylic acids is 2. The summed E-state index contributed by atoms with van der Waals surface area (Å²) in [6.45, 7) is 1.53. The van der Waals surface area contributed by atoms with Crippen LogP contribution in [0.5, 0.6) is 0 Å². The van der Waals surface area contributed by atoms with Crippen LogP contribution < -0.4 is 5.01 Å². The molecule has 0 saturated carbocycles. The van der Waals surface area contributed by atoms with Gasteiger partial charge in [-0.15, -0.1) is 0 Å². The minimum Gasteiger partial charge on any atom is -0.510 e. The fraction of sp³-hybridized carbons (Fsp3) is 0.312. The Morgan fingerprint density at radius 3 is 2.50 bits per heavy atom. The highest BCUT2D eigenvalue weighted by atomic mass is 16.5. The molecular weight excluding hydrogens is 314 g/mol. The van der Waals surface area contributed by atoms with Gasteiger partial charge in [0.15, 0.2) is 0 Å². The number of benzene rings is 1. The van der Waals surface area contributed by atoms with Crippen molar-refractivity contribution in [3.05, 3.63) is 41.2 Å². The zero-order valence-electron chi connectivity index (χ0n) is 13.4. The molecule has 0 bridgehead atoms. The molecule has 0 atom stereocenters. The molecule has 0 fully saturated rings. The van der Waals surface area contributed by atoms with Crippen molar-refractivity contribution in [3.63, 3.8) is 0 Å². The van der Waals surface area contributed by atoms with Crippen LogP contribution >= 0.6 is 0 Å². The number of esters is 1. The van der Waals surface area contributed by atoms with Crippen molar-refractivity contribution in [2.24, 2.45) is 0 Å². The molecule has 0 aromatic heterocycles. The lowest BCUT2D eigenvalue weighted by Gasteiger charge is -2.38. The molecule has 1 aliphatic heterocycles. The number of hydrogen-bond donors (Lipinski definition) is 1. The predicted octanol–water partition coefficient (Wildman–Crippen LogP) is 1.74. The van der Waals surface area contributed by atoms with E-state index in [0.717, 1.165) is 0 Å². The summed E-state index contributed by atoms with van der Waals surface area (Å²) in [7, 11) is 1.22. The van der Waals surface area contributed by atoms with Crippen molar-refractivity contribution in [1.29, 1.82) is 5.26 Å². The number of nitrogens with zero attached hydrogens (tertiary/aromatic N) is 3. The summed E-state index contributed by atoms with van der Waals surface area (Å²) in [5.74, 6) is -0.860. The van der Waals surface area contributed by atoms with E-state index in [9.17, 15) is 14.7 Å². The monoisotopic (exact) mass is 331 g/mol. The maximum absolute atomic E-state index is 12.1. The van der Waals surface area contributed by atoms with Crippen molar-refractivity contribution in [2.75, 3.05) is 31.8 Å². The number of aliphatic hydroxyl groups excluding tert-OH is 1. The molecule has 8 nitrogen and oxygen atoms in total. The second-order valence-electron chi connectivity index (χ2n) is 4.89. The summed E-state index contributed by atoms with van der Waals surface area (Å²) in [6.07, 6.45) is -0.686. The Kier molecular flexibility index (Phi) is 5.27. The Balaban J connectivity index is 2.37. The number of rotatable bonds is 3. The lowest BCUT2D eigenvalue weighted by atomic mass is 10.1. The predicted molar refractivity (Wildman–Crippen MR) is 83.9 cm³/mol. The number of anilines is 1. The number of methoxy groups -OCH3 is 1. The molecule has 0 saturated heterocycles. The van der Waals surface area contributed by atoms with Gasteiger partial charge in [-0.05, 0) is 31.2 Å². The topological polar surface area (TPSA) is 103 Å². The van der Waals surface area contributed by atoms with Gasteiger partial charge in [-0.1, -0.05) is 0 Å². The van der Waals surface area contributed by atoms with Crippen molar-refractivity contribution < 1.29 is 24.2 Å². The number of hydrazine groups is 1. The molecule has 0 spiro atoms. The Labute approximate surface area is 139 Å². The van der Waals surface area contributed by atoms with Gasteiger partial charge in [0.2, 0.25) is 0 Å². The first-order valence-electron chi connectivity index (χ1n) is 7.23. The highest BCUT2D eigenvalue weighted by Gasteiger charge is 2.34. The van der Waals surface area contributed by atoms with E-state index in [1.807, 2.05) is 6.07 Å². The first-order valence-corrected chi connectivity index (χ1v) is 7.23. The second kappa shape index (κ2) is 7.37. The van der Waals surface area contributed by atoms with Gasteiger partial charge in [-0.3, -0.25) is 5.01 Å². The summed E-state index contributed by atoms with van der Waals surface area (Å²) in [6, 6.07) is 8.45. The second-order valence-corrected chi connectivity index (χ2v) is 4.89. The fourth-order valence-electron chi connectivity index (χ4n) is 2.26. The van der Waals surface area contributed by atoms with Crippen LogP contribution in [-0.4, -0.2) is 49.0 Å². The zero-order valence-corrected chi connectivity index (χ0v) is 13.4. The van der Waals surface area contributed by atoms with E-state index < -0.39 is 12.1 Å². The van der Waals surface area contributed by atoms with Crippen molar-refractivity contribution >= 4 is 17.7 Å². The molecule has 2 rings (SSSR count). The van der Waals surface area contributed by atoms with Crippen LogP contribution in [-0.2, 0) is 14.3 Å². The molecule has 24 heavy (non-hydrogen) atoms. The summed E-state index contributed by atoms with van der Waals surface area (Å²) in [4.78, 5) is 24.0. The fourth-order valence-corrected chi connectivity index (χ4v) is 2.26. The van der Waals surface area contributed by atoms with E-state index in [1.165, 1.54) is 17.1 Å². The van der Waals surface area contributed by atoms with E-state index in [4.69, 9.17) is 14.7 Å². The standard InChI is InChI=1S/C16H17N3O5/c1-3-24-15(21)13-9-19(16(22)23-2)18(10-14(13)20)12-6-4-11(8-17)5-7-12/h4-7,20H,3,9-10H2,1-2H3. The molecule has 0 radical (unpaired) electrons. The molecule has 1 amide bonds. The Morgan fingerprint density at radius 2 is 1.96 bits per heavy atom. The minimum absolute atomic E-state index is 0.00662. The average Bonchev–Trinajstić information content (AvgIpc) is 2.61. The third-order valence-electron chi connectivity index (χ3n) is 3.45. The van der Waals surface area contributed by atoms with Gasteiger partial charge in [0.1, 0.15) is 5.76 Å². The number of ether oxygens (including phenoxy) is 2. The van der Waals surface area contributed by atoms with Gasteiger partial charge in [0, 0.05) is 0 Å². The molecule has 1 aromatic carbocycles. The van der Waals surface area contributed by atoms with Crippen LogP contribution in [0.1, 0.15) is 12.5 Å². The molecule has 1 aromatic rings. The van der Waals surface area contributed by atoms with Crippen LogP contribution in [0.2, 0.25) is 0 Å². The molecule has 0 aliphatic carbocycles. The summed E-state index contributed by atoms with van der Waals surface area (Å²) in [5.41, 5.74) is 1.04. The van der Waals surface area contributed by atoms with E-state index in [0.29, 0.717) is 11.3 Å². The van der Waals surface area contributed by atoms with Crippen LogP contribution in [0, 0.1) is 11.3 Å². The quantitative estimate of drug-likeness (QED) is 0.841. The van der Waals surface area contributed by atoms with Gasteiger partial charge in [0.05, 0.1) is 49.7 Å². The van der Waals surface area contributed by atoms with E-state index >= 15 is 0 Å². The Hall–Kier alpha value is -3.21. The normalized spacial score (nSPS) is 14.2. The number of aliphatic hydroxyl groups is 1. The van der Waals surface area contributed by atoms with Crippen LogP contribution in [0.15, 0.2) is 35.6 Å². The van der Waals surface area contributed by atoms with Crippen molar-refractivity contribution in [1.82, 2.24) is 5.01 Å². The number of carbonyl (C=O) groups is 2. The molecule has 126 valence electrons. The third kappa shape index (κ3) is 3.41. The summed E-state index contributed by atoms with van der Waals surface area (Å²) in [5, 5.41) is 21.7. The Morgan fingerprint density at radius 1 is 1.29 bits per heavy atom. The highest BCUT2D eigenvalue weighted by molar-refractivity contribution is 5.91. The average molecular weight is 331 g/mol. The lowest BCUT2D eigenvalue weighted by molar-refractivity contribution is -0.139. The molecule has 8 heteroatoms. The van der Waals surface area contributed by atoms with E-state index in [2.05, 4.69) is 0 Å². The number of hydrogen-bond acceptors (Lipinski definition) is 7. The van der Waals surface area contributed by atoms with Crippen LogP contribution in [0.3, 0.4) is 0 Å². The maximum atomic E-state index is 12.1. The zero-order chi connectivity index (χ0) is 17.7. The van der Waals surface area contributed by atoms with E-state index in [-0.39, 0.29) is 31.0 Å². The first kappa shape index (κ1) is 17.1. The van der Waals surface area contributed by atoms with Crippen LogP contribution in [0.4, 0.5) is 10.5 Å². The van der Waals surface area contributed by atoms with Gasteiger partial charge in [0.25, 0.3) is 0 Å². The summed E-state index contributed by atoms with van der Waals surface area (Å²) >= 11 is 0. The van der Waals surface area contributed by atoms with Crippen molar-refractivity contribution in [2.45, 2.75) is 6.92 Å². The molecule has 1 aliphatic rings. The molecule has 0 unspecified atom stereocenters. The summed E-state index contributed by atoms with van der Waals surface area (Å²) < 4.78 is 9.64. The largest absolute Gasteiger partial charge is 0.510 e.